The predicted octanol–water partition coefficient (Wildman–Crippen LogP) is 3.14. The van der Waals surface area contributed by atoms with Crippen LogP contribution < -0.4 is 9.46 Å². The Balaban J connectivity index is 1.69. The topological polar surface area (TPSA) is 68.3 Å². The maximum Gasteiger partial charge on any atom is 0.240 e. The first-order valence-corrected chi connectivity index (χ1v) is 9.29. The highest BCUT2D eigenvalue weighted by atomic mass is 32.2. The van der Waals surface area contributed by atoms with E-state index in [1.165, 1.54) is 0 Å². The lowest BCUT2D eigenvalue weighted by atomic mass is 10.2. The molecule has 3 aromatic rings. The third-order valence-corrected chi connectivity index (χ3v) is 4.99. The third kappa shape index (κ3) is 4.65. The average Bonchev–Trinajstić information content (AvgIpc) is 2.67. The standard InChI is InChI=1S/C19H18N2O3S/c22-25(23,18-11-5-2-6-12-18)21-14-17-10-7-13-20-19(17)24-15-16-8-3-1-4-9-16/h1-13,21H,14-15H2. The molecule has 25 heavy (non-hydrogen) atoms. The lowest BCUT2D eigenvalue weighted by molar-refractivity contribution is 0.290. The largest absolute Gasteiger partial charge is 0.473 e. The summed E-state index contributed by atoms with van der Waals surface area (Å²) in [5.74, 6) is 0.419. The minimum absolute atomic E-state index is 0.106. The maximum atomic E-state index is 12.3. The number of pyridine rings is 1. The van der Waals surface area contributed by atoms with Gasteiger partial charge in [0.1, 0.15) is 6.61 Å². The number of nitrogens with one attached hydrogen (secondary N) is 1. The van der Waals surface area contributed by atoms with E-state index in [9.17, 15) is 8.42 Å². The zero-order chi connectivity index (χ0) is 17.5. The molecule has 1 heterocycles. The Morgan fingerprint density at radius 3 is 2.28 bits per heavy atom. The van der Waals surface area contributed by atoms with E-state index in [1.54, 1.807) is 48.7 Å². The summed E-state index contributed by atoms with van der Waals surface area (Å²) in [6.45, 7) is 0.478. The Labute approximate surface area is 147 Å². The van der Waals surface area contributed by atoms with Crippen LogP contribution in [0.4, 0.5) is 0 Å². The van der Waals surface area contributed by atoms with Crippen LogP contribution in [0.3, 0.4) is 0 Å². The van der Waals surface area contributed by atoms with Gasteiger partial charge >= 0.3 is 0 Å². The maximum absolute atomic E-state index is 12.3. The van der Waals surface area contributed by atoms with Crippen LogP contribution in [0.5, 0.6) is 5.88 Å². The van der Waals surface area contributed by atoms with Crippen molar-refractivity contribution in [1.82, 2.24) is 9.71 Å². The molecule has 5 nitrogen and oxygen atoms in total. The van der Waals surface area contributed by atoms with Gasteiger partial charge in [0.2, 0.25) is 15.9 Å². The second kappa shape index (κ2) is 7.92. The van der Waals surface area contributed by atoms with Gasteiger partial charge in [0.15, 0.2) is 0 Å². The quantitative estimate of drug-likeness (QED) is 0.708. The zero-order valence-electron chi connectivity index (χ0n) is 13.5. The predicted molar refractivity (Wildman–Crippen MR) is 95.5 cm³/mol. The van der Waals surface area contributed by atoms with Gasteiger partial charge in [-0.15, -0.1) is 0 Å². The monoisotopic (exact) mass is 354 g/mol. The Morgan fingerprint density at radius 1 is 0.880 bits per heavy atom. The number of hydrogen-bond donors (Lipinski definition) is 1. The first kappa shape index (κ1) is 17.1. The molecule has 0 saturated heterocycles. The Bertz CT molecular complexity index is 914. The number of ether oxygens (including phenoxy) is 1. The molecule has 0 amide bonds. The Kier molecular flexibility index (Phi) is 5.42. The molecule has 6 heteroatoms. The number of sulfonamides is 1. The summed E-state index contributed by atoms with van der Waals surface area (Å²) in [6.07, 6.45) is 1.62. The first-order chi connectivity index (χ1) is 12.1. The van der Waals surface area contributed by atoms with Crippen LogP contribution in [0.15, 0.2) is 83.9 Å². The normalized spacial score (nSPS) is 11.2. The van der Waals surface area contributed by atoms with Crippen molar-refractivity contribution in [1.29, 1.82) is 0 Å². The van der Waals surface area contributed by atoms with E-state index in [-0.39, 0.29) is 11.4 Å². The molecule has 0 saturated carbocycles. The van der Waals surface area contributed by atoms with Crippen molar-refractivity contribution in [3.05, 3.63) is 90.1 Å². The number of aromatic nitrogens is 1. The molecule has 3 rings (SSSR count). The molecule has 2 aromatic carbocycles. The van der Waals surface area contributed by atoms with Crippen molar-refractivity contribution in [2.24, 2.45) is 0 Å². The highest BCUT2D eigenvalue weighted by molar-refractivity contribution is 7.89. The zero-order valence-corrected chi connectivity index (χ0v) is 14.3. The fourth-order valence-corrected chi connectivity index (χ4v) is 3.30. The Hall–Kier alpha value is -2.70. The molecular weight excluding hydrogens is 336 g/mol. The molecule has 0 aliphatic rings. The van der Waals surface area contributed by atoms with E-state index in [0.717, 1.165) is 5.56 Å². The summed E-state index contributed by atoms with van der Waals surface area (Å²) in [5.41, 5.74) is 1.70. The molecule has 0 bridgehead atoms. The van der Waals surface area contributed by atoms with E-state index in [1.807, 2.05) is 30.3 Å². The highest BCUT2D eigenvalue weighted by Crippen LogP contribution is 2.17. The number of nitrogens with zero attached hydrogens (tertiary/aromatic N) is 1. The molecule has 1 N–H and O–H groups in total. The second-order valence-electron chi connectivity index (χ2n) is 5.38. The molecule has 0 unspecified atom stereocenters. The van der Waals surface area contributed by atoms with E-state index in [0.29, 0.717) is 18.1 Å². The van der Waals surface area contributed by atoms with E-state index < -0.39 is 10.0 Å². The van der Waals surface area contributed by atoms with Crippen molar-refractivity contribution < 1.29 is 13.2 Å². The molecule has 0 aliphatic heterocycles. The number of hydrogen-bond acceptors (Lipinski definition) is 4. The molecular formula is C19H18N2O3S. The molecule has 0 radical (unpaired) electrons. The van der Waals surface area contributed by atoms with Gasteiger partial charge in [-0.2, -0.15) is 0 Å². The van der Waals surface area contributed by atoms with Crippen molar-refractivity contribution in [2.45, 2.75) is 18.0 Å². The minimum atomic E-state index is -3.58. The summed E-state index contributed by atoms with van der Waals surface area (Å²) in [6, 6.07) is 21.5. The number of benzene rings is 2. The van der Waals surface area contributed by atoms with Crippen LogP contribution in [-0.2, 0) is 23.2 Å². The fraction of sp³-hybridized carbons (Fsp3) is 0.105. The SMILES string of the molecule is O=S(=O)(NCc1cccnc1OCc1ccccc1)c1ccccc1. The smallest absolute Gasteiger partial charge is 0.240 e. The minimum Gasteiger partial charge on any atom is -0.473 e. The summed E-state index contributed by atoms with van der Waals surface area (Å²) in [7, 11) is -3.58. The lowest BCUT2D eigenvalue weighted by Gasteiger charge is -2.11. The van der Waals surface area contributed by atoms with Gasteiger partial charge in [-0.3, -0.25) is 0 Å². The van der Waals surface area contributed by atoms with Crippen molar-refractivity contribution in [3.63, 3.8) is 0 Å². The molecule has 128 valence electrons. The van der Waals surface area contributed by atoms with Crippen LogP contribution in [0, 0.1) is 0 Å². The van der Waals surface area contributed by atoms with Gasteiger partial charge in [0.25, 0.3) is 0 Å². The van der Waals surface area contributed by atoms with Crippen molar-refractivity contribution >= 4 is 10.0 Å². The third-order valence-electron chi connectivity index (χ3n) is 3.57. The molecule has 0 aliphatic carbocycles. The Morgan fingerprint density at radius 2 is 1.56 bits per heavy atom. The second-order valence-corrected chi connectivity index (χ2v) is 7.15. The summed E-state index contributed by atoms with van der Waals surface area (Å²) in [5, 5.41) is 0. The summed E-state index contributed by atoms with van der Waals surface area (Å²) < 4.78 is 33.0. The number of rotatable bonds is 7. The average molecular weight is 354 g/mol. The molecule has 0 atom stereocenters. The molecule has 0 fully saturated rings. The van der Waals surface area contributed by atoms with Crippen LogP contribution in [0.1, 0.15) is 11.1 Å². The lowest BCUT2D eigenvalue weighted by Crippen LogP contribution is -2.23. The molecule has 0 spiro atoms. The van der Waals surface area contributed by atoms with Gasteiger partial charge in [-0.1, -0.05) is 54.6 Å². The van der Waals surface area contributed by atoms with Gasteiger partial charge in [-0.05, 0) is 23.8 Å². The van der Waals surface area contributed by atoms with Crippen molar-refractivity contribution in [2.75, 3.05) is 0 Å². The summed E-state index contributed by atoms with van der Waals surface area (Å²) in [4.78, 5) is 4.44. The highest BCUT2D eigenvalue weighted by Gasteiger charge is 2.14. The molecule has 1 aromatic heterocycles. The van der Waals surface area contributed by atoms with Gasteiger partial charge in [0.05, 0.1) is 4.90 Å². The van der Waals surface area contributed by atoms with E-state index in [2.05, 4.69) is 9.71 Å². The van der Waals surface area contributed by atoms with E-state index in [4.69, 9.17) is 4.74 Å². The fourth-order valence-electron chi connectivity index (χ4n) is 2.27. The van der Waals surface area contributed by atoms with Gasteiger partial charge < -0.3 is 4.74 Å². The van der Waals surface area contributed by atoms with Gasteiger partial charge in [0, 0.05) is 18.3 Å². The van der Waals surface area contributed by atoms with Crippen LogP contribution in [-0.4, -0.2) is 13.4 Å². The van der Waals surface area contributed by atoms with Gasteiger partial charge in [-0.25, -0.2) is 18.1 Å². The van der Waals surface area contributed by atoms with Crippen LogP contribution in [0.25, 0.3) is 0 Å². The van der Waals surface area contributed by atoms with Crippen LogP contribution in [0.2, 0.25) is 0 Å². The summed E-state index contributed by atoms with van der Waals surface area (Å²) >= 11 is 0. The van der Waals surface area contributed by atoms with E-state index >= 15 is 0 Å². The first-order valence-electron chi connectivity index (χ1n) is 7.80. The van der Waals surface area contributed by atoms with Crippen LogP contribution >= 0.6 is 0 Å². The van der Waals surface area contributed by atoms with Crippen molar-refractivity contribution in [3.8, 4) is 5.88 Å².